The van der Waals surface area contributed by atoms with E-state index in [1.165, 1.54) is 30.6 Å². The van der Waals surface area contributed by atoms with Crippen molar-refractivity contribution in [3.05, 3.63) is 58.0 Å². The van der Waals surface area contributed by atoms with Gasteiger partial charge in [-0.3, -0.25) is 4.98 Å². The second-order valence-corrected chi connectivity index (χ2v) is 13.0. The van der Waals surface area contributed by atoms with Gasteiger partial charge in [-0.25, -0.2) is 4.79 Å². The van der Waals surface area contributed by atoms with E-state index in [4.69, 9.17) is 9.16 Å². The molecular weight excluding hydrogens is 556 g/mol. The van der Waals surface area contributed by atoms with Crippen LogP contribution in [0.4, 0.5) is 28.9 Å². The minimum Gasteiger partial charge on any atom is -0.545 e. The molecule has 2 aromatic carbocycles. The number of halogens is 4. The molecule has 1 aromatic heterocycles. The van der Waals surface area contributed by atoms with Gasteiger partial charge in [0.15, 0.2) is 11.5 Å². The van der Waals surface area contributed by atoms with E-state index in [1.54, 1.807) is 28.7 Å². The lowest BCUT2D eigenvalue weighted by molar-refractivity contribution is -0.0692. The van der Waals surface area contributed by atoms with E-state index in [0.717, 1.165) is 10.9 Å². The Labute approximate surface area is 230 Å². The average Bonchev–Trinajstić information content (AvgIpc) is 3.35. The molecular formula is C26H30F4N2O5SSi. The number of carbonyl (C=O) groups is 1. The summed E-state index contributed by atoms with van der Waals surface area (Å²) >= 11 is 1.37. The molecule has 0 saturated carbocycles. The van der Waals surface area contributed by atoms with Gasteiger partial charge in [0, 0.05) is 28.4 Å². The van der Waals surface area contributed by atoms with Crippen LogP contribution in [0.15, 0.2) is 42.0 Å². The molecule has 7 nitrogen and oxygen atoms in total. The molecule has 3 aromatic rings. The van der Waals surface area contributed by atoms with Gasteiger partial charge in [-0.1, -0.05) is 20.8 Å². The minimum absolute atomic E-state index is 0.227. The van der Waals surface area contributed by atoms with E-state index in [0.29, 0.717) is 28.3 Å². The van der Waals surface area contributed by atoms with Crippen molar-refractivity contribution in [1.29, 1.82) is 0 Å². The Morgan fingerprint density at radius 2 is 1.72 bits per heavy atom. The molecule has 13 heteroatoms. The van der Waals surface area contributed by atoms with Crippen LogP contribution in [0, 0.1) is 0 Å². The van der Waals surface area contributed by atoms with Crippen molar-refractivity contribution < 1.29 is 41.0 Å². The van der Waals surface area contributed by atoms with E-state index >= 15 is 0 Å². The zero-order valence-electron chi connectivity index (χ0n) is 22.3. The minimum atomic E-state index is -3.27. The van der Waals surface area contributed by atoms with Gasteiger partial charge in [-0.05, 0) is 42.8 Å². The molecule has 0 atom stereocenters. The number of carbonyl (C=O) groups excluding carboxylic acids is 1. The Kier molecular flexibility index (Phi) is 9.83. The topological polar surface area (TPSA) is 70.1 Å². The number of benzene rings is 2. The van der Waals surface area contributed by atoms with Gasteiger partial charge in [0.1, 0.15) is 5.75 Å². The first-order chi connectivity index (χ1) is 18.3. The van der Waals surface area contributed by atoms with E-state index < -0.39 is 45.1 Å². The van der Waals surface area contributed by atoms with Crippen molar-refractivity contribution in [2.45, 2.75) is 59.0 Å². The highest BCUT2D eigenvalue weighted by molar-refractivity contribution is 7.09. The molecule has 0 bridgehead atoms. The molecule has 0 N–H and O–H groups in total. The number of methoxy groups -OCH3 is 1. The van der Waals surface area contributed by atoms with Crippen LogP contribution in [-0.2, 0) is 16.7 Å². The molecule has 0 saturated heterocycles. The lowest BCUT2D eigenvalue weighted by Crippen LogP contribution is -2.25. The van der Waals surface area contributed by atoms with Crippen LogP contribution >= 0.6 is 11.3 Å². The summed E-state index contributed by atoms with van der Waals surface area (Å²) in [5.41, 5.74) is 2.90. The van der Waals surface area contributed by atoms with Gasteiger partial charge in [0.2, 0.25) is 9.04 Å². The van der Waals surface area contributed by atoms with Crippen LogP contribution in [0.25, 0.3) is 0 Å². The molecule has 0 aliphatic heterocycles. The molecule has 0 amide bonds. The summed E-state index contributed by atoms with van der Waals surface area (Å²) < 4.78 is 72.7. The molecule has 0 aliphatic carbocycles. The Balaban J connectivity index is 2.32. The van der Waals surface area contributed by atoms with Gasteiger partial charge in [0.25, 0.3) is 0 Å². The first-order valence-corrected chi connectivity index (χ1v) is 15.6. The molecule has 1 heterocycles. The number of hydrogen-bond acceptors (Lipinski definition) is 8. The quantitative estimate of drug-likeness (QED) is 0.134. The summed E-state index contributed by atoms with van der Waals surface area (Å²) in [7, 11) is -0.468. The number of nitrogens with zero attached hydrogens (tertiary/aromatic N) is 2. The second-order valence-electron chi connectivity index (χ2n) is 9.69. The predicted molar refractivity (Wildman–Crippen MR) is 144 cm³/mol. The fourth-order valence-electron chi connectivity index (χ4n) is 4.00. The zero-order valence-corrected chi connectivity index (χ0v) is 24.3. The van der Waals surface area contributed by atoms with Crippen LogP contribution in [-0.4, -0.2) is 40.3 Å². The first kappa shape index (κ1) is 30.2. The Hall–Kier alpha value is -3.32. The number of alkyl halides is 4. The van der Waals surface area contributed by atoms with Crippen molar-refractivity contribution in [1.82, 2.24) is 4.98 Å². The standard InChI is InChI=1S/C26H30F4N2O5SSi/c1-26(2,3)21-17(23(33)34-4)8-9-18(22(21)37-39(5)6)32(13-16-12-31-14-38-16)15-7-10-19(35-24(27)28)20(11-15)36-25(29)30/h7-12,14,24-25,39H,13H2,1-6H3. The Morgan fingerprint density at radius 3 is 2.26 bits per heavy atom. The third-order valence-electron chi connectivity index (χ3n) is 5.41. The summed E-state index contributed by atoms with van der Waals surface area (Å²) in [5.74, 6) is -1.17. The third-order valence-corrected chi connectivity index (χ3v) is 6.88. The number of esters is 1. The van der Waals surface area contributed by atoms with Crippen LogP contribution in [0.3, 0.4) is 0 Å². The van der Waals surface area contributed by atoms with E-state index in [2.05, 4.69) is 14.5 Å². The molecule has 0 radical (unpaired) electrons. The summed E-state index contributed by atoms with van der Waals surface area (Å²) in [6, 6.07) is 7.11. The highest BCUT2D eigenvalue weighted by Gasteiger charge is 2.31. The second kappa shape index (κ2) is 12.7. The molecule has 0 fully saturated rings. The van der Waals surface area contributed by atoms with Crippen molar-refractivity contribution >= 4 is 37.7 Å². The van der Waals surface area contributed by atoms with Crippen LogP contribution in [0.5, 0.6) is 17.2 Å². The smallest absolute Gasteiger partial charge is 0.387 e. The maximum absolute atomic E-state index is 13.2. The molecule has 0 aliphatic rings. The summed E-state index contributed by atoms with van der Waals surface area (Å²) in [5, 5.41) is 0. The normalized spacial score (nSPS) is 11.7. The van der Waals surface area contributed by atoms with Gasteiger partial charge in [-0.2, -0.15) is 17.6 Å². The van der Waals surface area contributed by atoms with Crippen LogP contribution < -0.4 is 18.8 Å². The maximum Gasteiger partial charge on any atom is 0.387 e. The van der Waals surface area contributed by atoms with E-state index in [9.17, 15) is 22.4 Å². The lowest BCUT2D eigenvalue weighted by atomic mass is 9.82. The number of aromatic nitrogens is 1. The van der Waals surface area contributed by atoms with Crippen LogP contribution in [0.1, 0.15) is 41.6 Å². The Morgan fingerprint density at radius 1 is 1.05 bits per heavy atom. The number of ether oxygens (including phenoxy) is 3. The van der Waals surface area contributed by atoms with Gasteiger partial charge in [0.05, 0.1) is 30.4 Å². The predicted octanol–water partition coefficient (Wildman–Crippen LogP) is 7.13. The zero-order chi connectivity index (χ0) is 28.9. The third kappa shape index (κ3) is 7.63. The largest absolute Gasteiger partial charge is 0.545 e. The molecule has 212 valence electrons. The Bertz CT molecular complexity index is 1270. The molecule has 39 heavy (non-hydrogen) atoms. The highest BCUT2D eigenvalue weighted by Crippen LogP contribution is 2.46. The van der Waals surface area contributed by atoms with Crippen molar-refractivity contribution in [2.75, 3.05) is 12.0 Å². The number of hydrogen-bond donors (Lipinski definition) is 0. The SMILES string of the molecule is COC(=O)c1ccc(N(Cc2cncs2)c2ccc(OC(F)F)c(OC(F)F)c2)c(O[SiH](C)C)c1C(C)(C)C. The van der Waals surface area contributed by atoms with Crippen molar-refractivity contribution in [3.8, 4) is 17.2 Å². The first-order valence-electron chi connectivity index (χ1n) is 11.9. The maximum atomic E-state index is 13.2. The number of thiazole rings is 1. The van der Waals surface area contributed by atoms with Gasteiger partial charge < -0.3 is 23.5 Å². The fourth-order valence-corrected chi connectivity index (χ4v) is 5.29. The molecule has 3 rings (SSSR count). The lowest BCUT2D eigenvalue weighted by Gasteiger charge is -2.33. The van der Waals surface area contributed by atoms with Gasteiger partial charge in [-0.15, -0.1) is 11.3 Å². The fraction of sp³-hybridized carbons (Fsp3) is 0.385. The van der Waals surface area contributed by atoms with Crippen molar-refractivity contribution in [2.24, 2.45) is 0 Å². The van der Waals surface area contributed by atoms with Crippen LogP contribution in [0.2, 0.25) is 13.1 Å². The summed E-state index contributed by atoms with van der Waals surface area (Å²) in [4.78, 5) is 19.5. The van der Waals surface area contributed by atoms with Crippen molar-refractivity contribution in [3.63, 3.8) is 0 Å². The average molecular weight is 587 g/mol. The summed E-state index contributed by atoms with van der Waals surface area (Å²) in [6.45, 7) is 3.47. The molecule has 0 unspecified atom stereocenters. The molecule has 0 spiro atoms. The van der Waals surface area contributed by atoms with Gasteiger partial charge >= 0.3 is 19.2 Å². The summed E-state index contributed by atoms with van der Waals surface area (Å²) in [6.07, 6.45) is 1.66. The number of anilines is 2. The highest BCUT2D eigenvalue weighted by atomic mass is 32.1. The monoisotopic (exact) mass is 586 g/mol. The van der Waals surface area contributed by atoms with E-state index in [1.807, 2.05) is 33.9 Å². The number of rotatable bonds is 11. The van der Waals surface area contributed by atoms with E-state index in [-0.39, 0.29) is 6.54 Å².